The number of carbonyl (C=O) groups is 4. The molecule has 1 rings (SSSR count). The summed E-state index contributed by atoms with van der Waals surface area (Å²) >= 11 is 0. The largest absolute Gasteiger partial charge is 0.463 e. The molecule has 0 bridgehead atoms. The SMILES string of the molecule is CC(=O)OCC1O[C@H](OCC(C)(C)C)C(OC(C)=O)[C@@H](OC(C)=O)C1OC(C)=O. The van der Waals surface area contributed by atoms with E-state index in [1.165, 1.54) is 13.8 Å². The van der Waals surface area contributed by atoms with E-state index in [4.69, 9.17) is 28.4 Å². The van der Waals surface area contributed by atoms with Crippen molar-refractivity contribution >= 4 is 23.9 Å². The number of hydrogen-bond acceptors (Lipinski definition) is 10. The maximum Gasteiger partial charge on any atom is 0.303 e. The lowest BCUT2D eigenvalue weighted by Crippen LogP contribution is -2.63. The molecule has 0 aromatic carbocycles. The second-order valence-corrected chi connectivity index (χ2v) is 7.94. The number of ether oxygens (including phenoxy) is 6. The third kappa shape index (κ3) is 8.78. The Hall–Kier alpha value is -2.20. The van der Waals surface area contributed by atoms with E-state index in [-0.39, 0.29) is 18.6 Å². The van der Waals surface area contributed by atoms with Crippen LogP contribution in [0.5, 0.6) is 0 Å². The fourth-order valence-corrected chi connectivity index (χ4v) is 2.65. The molecule has 0 saturated carbocycles. The van der Waals surface area contributed by atoms with Crippen molar-refractivity contribution in [2.24, 2.45) is 5.41 Å². The van der Waals surface area contributed by atoms with Crippen molar-refractivity contribution in [3.05, 3.63) is 0 Å². The van der Waals surface area contributed by atoms with Gasteiger partial charge < -0.3 is 28.4 Å². The van der Waals surface area contributed by atoms with Crippen LogP contribution < -0.4 is 0 Å². The van der Waals surface area contributed by atoms with E-state index >= 15 is 0 Å². The van der Waals surface area contributed by atoms with E-state index < -0.39 is 54.6 Å². The van der Waals surface area contributed by atoms with Gasteiger partial charge in [-0.15, -0.1) is 0 Å². The van der Waals surface area contributed by atoms with E-state index in [9.17, 15) is 19.2 Å². The standard InChI is InChI=1S/C19H30O10/c1-10(20)24-8-14-15(26-11(2)21)16(27-12(3)22)17(28-13(4)23)18(29-14)25-9-19(5,6)7/h14-18H,8-9H2,1-7H3/t14?,15?,16-,17?,18-/m0/s1. The first-order valence-electron chi connectivity index (χ1n) is 9.22. The minimum absolute atomic E-state index is 0.223. The molecule has 29 heavy (non-hydrogen) atoms. The summed E-state index contributed by atoms with van der Waals surface area (Å²) in [4.78, 5) is 46.2. The van der Waals surface area contributed by atoms with E-state index in [1.54, 1.807) is 0 Å². The lowest BCUT2D eigenvalue weighted by atomic mass is 9.96. The van der Waals surface area contributed by atoms with Crippen molar-refractivity contribution in [1.29, 1.82) is 0 Å². The second kappa shape index (κ2) is 10.5. The fraction of sp³-hybridized carbons (Fsp3) is 0.789. The van der Waals surface area contributed by atoms with Crippen LogP contribution in [0, 0.1) is 5.41 Å². The third-order valence-electron chi connectivity index (χ3n) is 3.63. The molecule has 1 aliphatic rings. The van der Waals surface area contributed by atoms with Gasteiger partial charge in [-0.25, -0.2) is 0 Å². The first-order valence-corrected chi connectivity index (χ1v) is 9.22. The molecule has 1 saturated heterocycles. The predicted octanol–water partition coefficient (Wildman–Crippen LogP) is 1.13. The second-order valence-electron chi connectivity index (χ2n) is 7.94. The number of esters is 4. The average molecular weight is 418 g/mol. The summed E-state index contributed by atoms with van der Waals surface area (Å²) in [5, 5.41) is 0. The Morgan fingerprint density at radius 1 is 0.759 bits per heavy atom. The van der Waals surface area contributed by atoms with Gasteiger partial charge in [0.1, 0.15) is 12.7 Å². The van der Waals surface area contributed by atoms with E-state index in [0.717, 1.165) is 13.8 Å². The van der Waals surface area contributed by atoms with Gasteiger partial charge in [-0.2, -0.15) is 0 Å². The Morgan fingerprint density at radius 3 is 1.69 bits per heavy atom. The maximum atomic E-state index is 11.7. The van der Waals surface area contributed by atoms with Crippen LogP contribution in [0.3, 0.4) is 0 Å². The molecule has 1 aliphatic heterocycles. The van der Waals surface area contributed by atoms with Crippen molar-refractivity contribution in [3.8, 4) is 0 Å². The molecule has 10 heteroatoms. The van der Waals surface area contributed by atoms with Gasteiger partial charge in [0.05, 0.1) is 6.61 Å². The minimum Gasteiger partial charge on any atom is -0.463 e. The summed E-state index contributed by atoms with van der Waals surface area (Å²) in [6.45, 7) is 10.4. The fourth-order valence-electron chi connectivity index (χ4n) is 2.65. The Balaban J connectivity index is 3.28. The Kier molecular flexibility index (Phi) is 9.03. The molecule has 0 radical (unpaired) electrons. The van der Waals surface area contributed by atoms with Crippen molar-refractivity contribution in [3.63, 3.8) is 0 Å². The third-order valence-corrected chi connectivity index (χ3v) is 3.63. The molecule has 0 aromatic rings. The van der Waals surface area contributed by atoms with Crippen LogP contribution in [0.1, 0.15) is 48.5 Å². The van der Waals surface area contributed by atoms with Gasteiger partial charge in [0.15, 0.2) is 24.6 Å². The first kappa shape index (κ1) is 24.8. The van der Waals surface area contributed by atoms with Crippen LogP contribution in [-0.4, -0.2) is 67.8 Å². The van der Waals surface area contributed by atoms with Crippen LogP contribution in [0.4, 0.5) is 0 Å². The molecule has 0 amide bonds. The van der Waals surface area contributed by atoms with Gasteiger partial charge in [-0.05, 0) is 5.41 Å². The highest BCUT2D eigenvalue weighted by Crippen LogP contribution is 2.31. The van der Waals surface area contributed by atoms with Gasteiger partial charge in [-0.1, -0.05) is 20.8 Å². The summed E-state index contributed by atoms with van der Waals surface area (Å²) in [7, 11) is 0. The number of carbonyl (C=O) groups excluding carboxylic acids is 4. The molecular weight excluding hydrogens is 388 g/mol. The Bertz CT molecular complexity index is 609. The molecule has 166 valence electrons. The van der Waals surface area contributed by atoms with Crippen LogP contribution in [0.15, 0.2) is 0 Å². The molecule has 0 N–H and O–H groups in total. The van der Waals surface area contributed by atoms with Gasteiger partial charge >= 0.3 is 23.9 Å². The number of rotatable bonds is 7. The van der Waals surface area contributed by atoms with Gasteiger partial charge in [0.25, 0.3) is 0 Å². The van der Waals surface area contributed by atoms with Crippen molar-refractivity contribution < 1.29 is 47.6 Å². The predicted molar refractivity (Wildman–Crippen MR) is 97.4 cm³/mol. The Morgan fingerprint density at radius 2 is 1.24 bits per heavy atom. The smallest absolute Gasteiger partial charge is 0.303 e. The molecule has 0 spiro atoms. The molecule has 5 atom stereocenters. The quantitative estimate of drug-likeness (QED) is 0.439. The van der Waals surface area contributed by atoms with Gasteiger partial charge in [0, 0.05) is 27.7 Å². The van der Waals surface area contributed by atoms with Crippen LogP contribution >= 0.6 is 0 Å². The van der Waals surface area contributed by atoms with Crippen molar-refractivity contribution in [2.45, 2.75) is 79.2 Å². The summed E-state index contributed by atoms with van der Waals surface area (Å²) < 4.78 is 32.5. The molecular formula is C19H30O10. The van der Waals surface area contributed by atoms with Crippen LogP contribution in [0.2, 0.25) is 0 Å². The lowest BCUT2D eigenvalue weighted by Gasteiger charge is -2.44. The topological polar surface area (TPSA) is 124 Å². The van der Waals surface area contributed by atoms with E-state index in [2.05, 4.69) is 0 Å². The van der Waals surface area contributed by atoms with Crippen LogP contribution in [0.25, 0.3) is 0 Å². The van der Waals surface area contributed by atoms with E-state index in [0.29, 0.717) is 0 Å². The van der Waals surface area contributed by atoms with Crippen molar-refractivity contribution in [2.75, 3.05) is 13.2 Å². The van der Waals surface area contributed by atoms with Crippen LogP contribution in [-0.2, 0) is 47.6 Å². The molecule has 0 aromatic heterocycles. The first-order chi connectivity index (χ1) is 13.3. The maximum absolute atomic E-state index is 11.7. The summed E-state index contributed by atoms with van der Waals surface area (Å²) in [5.74, 6) is -2.61. The lowest BCUT2D eigenvalue weighted by molar-refractivity contribution is -0.311. The number of hydrogen-bond donors (Lipinski definition) is 0. The van der Waals surface area contributed by atoms with Crippen molar-refractivity contribution in [1.82, 2.24) is 0 Å². The van der Waals surface area contributed by atoms with Gasteiger partial charge in [0.2, 0.25) is 0 Å². The normalized spacial score (nSPS) is 26.9. The zero-order valence-corrected chi connectivity index (χ0v) is 17.9. The highest BCUT2D eigenvalue weighted by atomic mass is 16.7. The molecule has 10 nitrogen and oxygen atoms in total. The Labute approximate surface area is 170 Å². The molecule has 3 unspecified atom stereocenters. The summed E-state index contributed by atoms with van der Waals surface area (Å²) in [5.41, 5.74) is -0.251. The summed E-state index contributed by atoms with van der Waals surface area (Å²) in [6.07, 6.45) is -5.76. The summed E-state index contributed by atoms with van der Waals surface area (Å²) in [6, 6.07) is 0. The highest BCUT2D eigenvalue weighted by molar-refractivity contribution is 5.68. The minimum atomic E-state index is -1.22. The molecule has 1 fully saturated rings. The average Bonchev–Trinajstić information content (AvgIpc) is 2.53. The highest BCUT2D eigenvalue weighted by Gasteiger charge is 2.52. The zero-order valence-electron chi connectivity index (χ0n) is 17.9. The van der Waals surface area contributed by atoms with E-state index in [1.807, 2.05) is 20.8 Å². The molecule has 1 heterocycles. The molecule has 0 aliphatic carbocycles. The zero-order chi connectivity index (χ0) is 22.4. The van der Waals surface area contributed by atoms with Gasteiger partial charge in [-0.3, -0.25) is 19.2 Å². The monoisotopic (exact) mass is 418 g/mol.